The highest BCUT2D eigenvalue weighted by Crippen LogP contribution is 2.41. The molecule has 6 rings (SSSR count). The van der Waals surface area contributed by atoms with Gasteiger partial charge in [0.2, 0.25) is 5.75 Å². The van der Waals surface area contributed by atoms with Crippen molar-refractivity contribution < 1.29 is 27.4 Å². The van der Waals surface area contributed by atoms with Crippen LogP contribution in [0.25, 0.3) is 22.6 Å². The molecule has 10 nitrogen and oxygen atoms in total. The van der Waals surface area contributed by atoms with Crippen LogP contribution in [-0.2, 0) is 12.7 Å². The van der Waals surface area contributed by atoms with Crippen LogP contribution in [0.15, 0.2) is 67.0 Å². The predicted molar refractivity (Wildman–Crippen MR) is 170 cm³/mol. The number of benzene rings is 3. The number of hydrogen-bond acceptors (Lipinski definition) is 9. The van der Waals surface area contributed by atoms with E-state index in [0.29, 0.717) is 51.3 Å². The zero-order chi connectivity index (χ0) is 32.4. The molecule has 2 aromatic heterocycles. The van der Waals surface area contributed by atoms with E-state index in [-0.39, 0.29) is 6.54 Å². The van der Waals surface area contributed by atoms with Crippen LogP contribution < -0.4 is 24.4 Å². The fraction of sp³-hybridized carbons (Fsp3) is 0.303. The lowest BCUT2D eigenvalue weighted by Crippen LogP contribution is -2.44. The summed E-state index contributed by atoms with van der Waals surface area (Å²) < 4.78 is 57.8. The molecule has 0 saturated carbocycles. The Bertz CT molecular complexity index is 1790. The predicted octanol–water partition coefficient (Wildman–Crippen LogP) is 6.08. The molecule has 1 N–H and O–H groups in total. The Hall–Kier alpha value is -5.04. The Morgan fingerprint density at radius 2 is 1.48 bits per heavy atom. The number of rotatable bonds is 9. The maximum absolute atomic E-state index is 13.2. The molecular weight excluding hydrogens is 599 g/mol. The van der Waals surface area contributed by atoms with Crippen LogP contribution >= 0.6 is 0 Å². The molecule has 0 spiro atoms. The van der Waals surface area contributed by atoms with Crippen LogP contribution in [0.5, 0.6) is 17.2 Å². The van der Waals surface area contributed by atoms with Gasteiger partial charge in [-0.05, 0) is 49.0 Å². The number of hydrogen-bond donors (Lipinski definition) is 1. The molecular formula is C33H34F3N7O3. The lowest BCUT2D eigenvalue weighted by molar-refractivity contribution is -0.137. The Kier molecular flexibility index (Phi) is 8.59. The number of fused-ring (bicyclic) bond motifs is 1. The second kappa shape index (κ2) is 12.8. The van der Waals surface area contributed by atoms with Crippen molar-refractivity contribution in [1.29, 1.82) is 0 Å². The highest BCUT2D eigenvalue weighted by atomic mass is 19.4. The van der Waals surface area contributed by atoms with Gasteiger partial charge in [0.25, 0.3) is 0 Å². The lowest BCUT2D eigenvalue weighted by Gasteiger charge is -2.34. The second-order valence-electron chi connectivity index (χ2n) is 11.0. The average molecular weight is 634 g/mol. The second-order valence-corrected chi connectivity index (χ2v) is 11.0. The van der Waals surface area contributed by atoms with Gasteiger partial charge in [-0.25, -0.2) is 15.0 Å². The number of aromatic nitrogens is 4. The normalized spacial score (nSPS) is 14.0. The van der Waals surface area contributed by atoms with Crippen molar-refractivity contribution in [3.8, 4) is 28.6 Å². The summed E-state index contributed by atoms with van der Waals surface area (Å²) in [5.74, 6) is 2.26. The molecule has 0 aliphatic carbocycles. The monoisotopic (exact) mass is 633 g/mol. The minimum absolute atomic E-state index is 0.261. The van der Waals surface area contributed by atoms with Crippen molar-refractivity contribution in [2.45, 2.75) is 12.7 Å². The van der Waals surface area contributed by atoms with Gasteiger partial charge in [0.05, 0.1) is 39.8 Å². The highest BCUT2D eigenvalue weighted by molar-refractivity contribution is 5.88. The van der Waals surface area contributed by atoms with Crippen molar-refractivity contribution in [3.05, 3.63) is 78.1 Å². The standard InChI is InChI=1S/C33H34F3N7O3/c1-41-13-15-42(16-14-41)25-11-7-22(8-12-25)30-39-31(38-24-17-26(44-2)29(46-4)27(18-24)45-3)28-32(40-30)43(20-37-28)19-21-5-9-23(10-6-21)33(34,35)36/h5-12,17-18,20H,13-16,19H2,1-4H3,(H,38,39,40). The van der Waals surface area contributed by atoms with E-state index in [9.17, 15) is 13.2 Å². The molecule has 13 heteroatoms. The van der Waals surface area contributed by atoms with E-state index in [1.54, 1.807) is 23.0 Å². The van der Waals surface area contributed by atoms with E-state index >= 15 is 0 Å². The van der Waals surface area contributed by atoms with E-state index in [1.165, 1.54) is 33.5 Å². The molecule has 0 bridgehead atoms. The van der Waals surface area contributed by atoms with E-state index in [0.717, 1.165) is 49.6 Å². The van der Waals surface area contributed by atoms with E-state index in [2.05, 4.69) is 39.3 Å². The summed E-state index contributed by atoms with van der Waals surface area (Å²) in [6, 6.07) is 16.7. The molecule has 5 aromatic rings. The van der Waals surface area contributed by atoms with Gasteiger partial charge in [0, 0.05) is 55.2 Å². The summed E-state index contributed by atoms with van der Waals surface area (Å²) in [5, 5.41) is 3.35. The summed E-state index contributed by atoms with van der Waals surface area (Å²) >= 11 is 0. The minimum Gasteiger partial charge on any atom is -0.493 e. The van der Waals surface area contributed by atoms with Crippen molar-refractivity contribution in [1.82, 2.24) is 24.4 Å². The molecule has 1 saturated heterocycles. The van der Waals surface area contributed by atoms with Gasteiger partial charge in [0.15, 0.2) is 34.3 Å². The van der Waals surface area contributed by atoms with E-state index in [4.69, 9.17) is 24.2 Å². The molecule has 1 fully saturated rings. The molecule has 0 amide bonds. The topological polar surface area (TPSA) is 89.8 Å². The number of likely N-dealkylation sites (N-methyl/N-ethyl adjacent to an activating group) is 1. The number of imidazole rings is 1. The highest BCUT2D eigenvalue weighted by Gasteiger charge is 2.30. The fourth-order valence-corrected chi connectivity index (χ4v) is 5.45. The third-order valence-electron chi connectivity index (χ3n) is 8.02. The summed E-state index contributed by atoms with van der Waals surface area (Å²) in [4.78, 5) is 19.0. The van der Waals surface area contributed by atoms with Gasteiger partial charge < -0.3 is 33.9 Å². The van der Waals surface area contributed by atoms with Gasteiger partial charge >= 0.3 is 6.18 Å². The van der Waals surface area contributed by atoms with Crippen LogP contribution in [0.1, 0.15) is 11.1 Å². The maximum atomic E-state index is 13.2. The Morgan fingerprint density at radius 3 is 2.07 bits per heavy atom. The quantitative estimate of drug-likeness (QED) is 0.207. The van der Waals surface area contributed by atoms with Gasteiger partial charge in [-0.1, -0.05) is 12.1 Å². The van der Waals surface area contributed by atoms with Crippen LogP contribution in [0.4, 0.5) is 30.4 Å². The Balaban J connectivity index is 1.40. The zero-order valence-corrected chi connectivity index (χ0v) is 25.9. The Labute approximate surface area is 264 Å². The number of piperazine rings is 1. The SMILES string of the molecule is COc1cc(Nc2nc(-c3ccc(N4CCN(C)CC4)cc3)nc3c2ncn3Cc2ccc(C(F)(F)F)cc2)cc(OC)c1OC. The number of nitrogens with one attached hydrogen (secondary N) is 1. The van der Waals surface area contributed by atoms with Gasteiger partial charge in [0.1, 0.15) is 0 Å². The van der Waals surface area contributed by atoms with Gasteiger partial charge in [-0.15, -0.1) is 0 Å². The number of anilines is 3. The first-order valence-electron chi connectivity index (χ1n) is 14.7. The molecule has 0 unspecified atom stereocenters. The largest absolute Gasteiger partial charge is 0.493 e. The molecule has 0 radical (unpaired) electrons. The van der Waals surface area contributed by atoms with Crippen LogP contribution in [0.2, 0.25) is 0 Å². The molecule has 3 aromatic carbocycles. The average Bonchev–Trinajstić information content (AvgIpc) is 3.47. The van der Waals surface area contributed by atoms with Crippen molar-refractivity contribution >= 4 is 28.4 Å². The minimum atomic E-state index is -4.41. The number of halogens is 3. The maximum Gasteiger partial charge on any atom is 0.416 e. The number of ether oxygens (including phenoxy) is 3. The van der Waals surface area contributed by atoms with Gasteiger partial charge in [-0.3, -0.25) is 0 Å². The van der Waals surface area contributed by atoms with Crippen molar-refractivity contribution in [2.24, 2.45) is 0 Å². The number of alkyl halides is 3. The van der Waals surface area contributed by atoms with Crippen molar-refractivity contribution in [3.63, 3.8) is 0 Å². The third-order valence-corrected chi connectivity index (χ3v) is 8.02. The van der Waals surface area contributed by atoms with Crippen molar-refractivity contribution in [2.75, 3.05) is 64.8 Å². The number of methoxy groups -OCH3 is 3. The van der Waals surface area contributed by atoms with Crippen LogP contribution in [0, 0.1) is 0 Å². The number of nitrogens with zero attached hydrogens (tertiary/aromatic N) is 6. The molecule has 46 heavy (non-hydrogen) atoms. The molecule has 240 valence electrons. The Morgan fingerprint density at radius 1 is 0.826 bits per heavy atom. The van der Waals surface area contributed by atoms with E-state index in [1.807, 2.05) is 12.1 Å². The molecule has 1 aliphatic rings. The summed E-state index contributed by atoms with van der Waals surface area (Å²) in [7, 11) is 6.74. The first kappa shape index (κ1) is 31.0. The summed E-state index contributed by atoms with van der Waals surface area (Å²) in [5.41, 5.74) is 3.51. The van der Waals surface area contributed by atoms with E-state index < -0.39 is 11.7 Å². The molecule has 1 aliphatic heterocycles. The summed E-state index contributed by atoms with van der Waals surface area (Å²) in [6.45, 7) is 4.16. The summed E-state index contributed by atoms with van der Waals surface area (Å²) in [6.07, 6.45) is -2.80. The smallest absolute Gasteiger partial charge is 0.416 e. The first-order chi connectivity index (χ1) is 22.2. The first-order valence-corrected chi connectivity index (χ1v) is 14.7. The zero-order valence-electron chi connectivity index (χ0n) is 25.9. The fourth-order valence-electron chi connectivity index (χ4n) is 5.45. The third kappa shape index (κ3) is 6.36. The van der Waals surface area contributed by atoms with Crippen LogP contribution in [-0.4, -0.2) is 79.0 Å². The lowest BCUT2D eigenvalue weighted by atomic mass is 10.1. The van der Waals surface area contributed by atoms with Crippen LogP contribution in [0.3, 0.4) is 0 Å². The molecule has 0 atom stereocenters. The molecule has 3 heterocycles. The van der Waals surface area contributed by atoms with Gasteiger partial charge in [-0.2, -0.15) is 13.2 Å².